The van der Waals surface area contributed by atoms with Crippen molar-refractivity contribution < 1.29 is 28.5 Å². The molecule has 0 saturated carbocycles. The van der Waals surface area contributed by atoms with Crippen molar-refractivity contribution >= 4 is 5.91 Å². The van der Waals surface area contributed by atoms with E-state index in [4.69, 9.17) is 23.7 Å². The van der Waals surface area contributed by atoms with Gasteiger partial charge in [0.1, 0.15) is 12.3 Å². The van der Waals surface area contributed by atoms with Crippen molar-refractivity contribution in [2.24, 2.45) is 0 Å². The molecular weight excluding hydrogens is 476 g/mol. The Bertz CT molecular complexity index is 1330. The summed E-state index contributed by atoms with van der Waals surface area (Å²) in [7, 11) is 6.07. The van der Waals surface area contributed by atoms with Crippen LogP contribution < -0.4 is 29.0 Å². The maximum Gasteiger partial charge on any atom is 0.251 e. The minimum Gasteiger partial charge on any atom is -0.493 e. The summed E-state index contributed by atoms with van der Waals surface area (Å²) in [5.74, 6) is 2.02. The zero-order chi connectivity index (χ0) is 26.2. The zero-order valence-electron chi connectivity index (χ0n) is 21.1. The van der Waals surface area contributed by atoms with Gasteiger partial charge in [-0.1, -0.05) is 29.5 Å². The quantitative estimate of drug-likeness (QED) is 0.329. The van der Waals surface area contributed by atoms with Crippen LogP contribution in [0, 0.1) is 0 Å². The van der Waals surface area contributed by atoms with E-state index < -0.39 is 0 Å². The van der Waals surface area contributed by atoms with Crippen molar-refractivity contribution in [2.45, 2.75) is 13.2 Å². The molecule has 4 aromatic rings. The van der Waals surface area contributed by atoms with Crippen LogP contribution in [0.3, 0.4) is 0 Å². The molecule has 0 saturated heterocycles. The van der Waals surface area contributed by atoms with E-state index in [0.29, 0.717) is 40.0 Å². The van der Waals surface area contributed by atoms with Crippen LogP contribution in [-0.2, 0) is 13.2 Å². The second-order valence-corrected chi connectivity index (χ2v) is 7.86. The third-order valence-electron chi connectivity index (χ3n) is 5.55. The van der Waals surface area contributed by atoms with Crippen molar-refractivity contribution in [1.29, 1.82) is 0 Å². The van der Waals surface area contributed by atoms with E-state index in [0.717, 1.165) is 11.3 Å². The molecule has 0 bridgehead atoms. The Kier molecular flexibility index (Phi) is 8.09. The number of aromatic nitrogens is 3. The molecule has 0 aliphatic carbocycles. The third kappa shape index (κ3) is 5.92. The number of nitrogens with one attached hydrogen (secondary N) is 1. The van der Waals surface area contributed by atoms with Crippen molar-refractivity contribution in [3.63, 3.8) is 0 Å². The fourth-order valence-electron chi connectivity index (χ4n) is 3.66. The highest BCUT2D eigenvalue weighted by molar-refractivity contribution is 5.95. The van der Waals surface area contributed by atoms with Gasteiger partial charge in [0, 0.05) is 12.1 Å². The lowest BCUT2D eigenvalue weighted by Gasteiger charge is -2.14. The molecule has 0 aliphatic rings. The molecule has 1 heterocycles. The van der Waals surface area contributed by atoms with Gasteiger partial charge in [-0.3, -0.25) is 4.79 Å². The fourth-order valence-corrected chi connectivity index (χ4v) is 3.66. The average molecular weight is 505 g/mol. The summed E-state index contributed by atoms with van der Waals surface area (Å²) in [4.78, 5) is 12.8. The van der Waals surface area contributed by atoms with Crippen LogP contribution in [0.1, 0.15) is 21.6 Å². The van der Waals surface area contributed by atoms with Crippen LogP contribution in [-0.4, -0.2) is 49.3 Å². The van der Waals surface area contributed by atoms with E-state index in [9.17, 15) is 4.79 Å². The lowest BCUT2D eigenvalue weighted by atomic mass is 10.1. The van der Waals surface area contributed by atoms with E-state index in [-0.39, 0.29) is 19.1 Å². The van der Waals surface area contributed by atoms with Crippen molar-refractivity contribution in [1.82, 2.24) is 20.3 Å². The van der Waals surface area contributed by atoms with Gasteiger partial charge in [-0.25, -0.2) is 4.68 Å². The Morgan fingerprint density at radius 1 is 0.838 bits per heavy atom. The van der Waals surface area contributed by atoms with Crippen molar-refractivity contribution in [2.75, 3.05) is 28.4 Å². The minimum atomic E-state index is -0.292. The Morgan fingerprint density at radius 3 is 2.19 bits per heavy atom. The third-order valence-corrected chi connectivity index (χ3v) is 5.55. The van der Waals surface area contributed by atoms with Gasteiger partial charge in [-0.15, -0.1) is 5.10 Å². The summed E-state index contributed by atoms with van der Waals surface area (Å²) in [6.07, 6.45) is 1.81. The Labute approximate surface area is 214 Å². The molecular formula is C27H28N4O6. The number of hydrogen-bond acceptors (Lipinski definition) is 8. The number of hydrogen-bond donors (Lipinski definition) is 1. The van der Waals surface area contributed by atoms with Gasteiger partial charge in [-0.05, 0) is 42.0 Å². The van der Waals surface area contributed by atoms with Crippen LogP contribution in [0.25, 0.3) is 5.69 Å². The number of carbonyl (C=O) groups is 1. The molecule has 0 unspecified atom stereocenters. The number of nitrogens with zero attached hydrogens (tertiary/aromatic N) is 3. The van der Waals surface area contributed by atoms with E-state index in [1.165, 1.54) is 21.3 Å². The molecule has 192 valence electrons. The summed E-state index contributed by atoms with van der Waals surface area (Å²) < 4.78 is 29.1. The smallest absolute Gasteiger partial charge is 0.251 e. The van der Waals surface area contributed by atoms with E-state index >= 15 is 0 Å². The molecule has 0 atom stereocenters. The van der Waals surface area contributed by atoms with Crippen molar-refractivity contribution in [3.05, 3.63) is 83.7 Å². The maximum atomic E-state index is 12.8. The van der Waals surface area contributed by atoms with E-state index in [1.54, 1.807) is 30.0 Å². The number of rotatable bonds is 11. The Hall–Kier alpha value is -4.73. The van der Waals surface area contributed by atoms with Crippen LogP contribution >= 0.6 is 0 Å². The number of amides is 1. The average Bonchev–Trinajstić information content (AvgIpc) is 3.43. The van der Waals surface area contributed by atoms with Gasteiger partial charge in [-0.2, -0.15) is 0 Å². The molecule has 3 aromatic carbocycles. The summed E-state index contributed by atoms with van der Waals surface area (Å²) in [6.45, 7) is 0.498. The molecule has 10 heteroatoms. The lowest BCUT2D eigenvalue weighted by molar-refractivity contribution is 0.0950. The van der Waals surface area contributed by atoms with Crippen LogP contribution in [0.4, 0.5) is 0 Å². The summed E-state index contributed by atoms with van der Waals surface area (Å²) in [5, 5.41) is 11.2. The zero-order valence-corrected chi connectivity index (χ0v) is 21.1. The van der Waals surface area contributed by atoms with Gasteiger partial charge in [0.2, 0.25) is 5.75 Å². The fraction of sp³-hybridized carbons (Fsp3) is 0.222. The summed E-state index contributed by atoms with van der Waals surface area (Å²) >= 11 is 0. The summed E-state index contributed by atoms with van der Waals surface area (Å²) in [6, 6.07) is 18.4. The van der Waals surface area contributed by atoms with Crippen LogP contribution in [0.2, 0.25) is 0 Å². The molecule has 1 N–H and O–H groups in total. The van der Waals surface area contributed by atoms with Gasteiger partial charge < -0.3 is 29.0 Å². The van der Waals surface area contributed by atoms with E-state index in [1.807, 2.05) is 48.7 Å². The monoisotopic (exact) mass is 504 g/mol. The topological polar surface area (TPSA) is 106 Å². The molecule has 1 aromatic heterocycles. The highest BCUT2D eigenvalue weighted by Gasteiger charge is 2.17. The van der Waals surface area contributed by atoms with Crippen molar-refractivity contribution in [3.8, 4) is 34.4 Å². The molecule has 0 fully saturated rings. The Balaban J connectivity index is 1.39. The van der Waals surface area contributed by atoms with Gasteiger partial charge in [0.15, 0.2) is 23.0 Å². The number of para-hydroxylation sites is 1. The second kappa shape index (κ2) is 11.8. The SMILES string of the molecule is COc1cc(CNC(=O)c2cc(OC)c(OC)c(OC)c2)ccc1OCc1cn(-c2ccccc2)nn1. The molecule has 4 rings (SSSR count). The first kappa shape index (κ1) is 25.4. The first-order valence-corrected chi connectivity index (χ1v) is 11.4. The van der Waals surface area contributed by atoms with Gasteiger partial charge in [0.05, 0.1) is 40.3 Å². The van der Waals surface area contributed by atoms with Crippen LogP contribution in [0.15, 0.2) is 66.9 Å². The minimum absolute atomic E-state index is 0.223. The maximum absolute atomic E-state index is 12.8. The normalized spacial score (nSPS) is 10.5. The summed E-state index contributed by atoms with van der Waals surface area (Å²) in [5.41, 5.74) is 2.80. The number of benzene rings is 3. The molecule has 0 spiro atoms. The van der Waals surface area contributed by atoms with Gasteiger partial charge in [0.25, 0.3) is 5.91 Å². The standard InChI is InChI=1S/C27H28N4O6/c1-33-23-12-18(15-28-27(32)19-13-24(34-2)26(36-4)25(14-19)35-3)10-11-22(23)37-17-20-16-31(30-29-20)21-8-6-5-7-9-21/h5-14,16H,15,17H2,1-4H3,(H,28,32). The number of methoxy groups -OCH3 is 4. The first-order chi connectivity index (χ1) is 18.1. The Morgan fingerprint density at radius 2 is 1.54 bits per heavy atom. The highest BCUT2D eigenvalue weighted by Crippen LogP contribution is 2.38. The largest absolute Gasteiger partial charge is 0.493 e. The second-order valence-electron chi connectivity index (χ2n) is 7.86. The lowest BCUT2D eigenvalue weighted by Crippen LogP contribution is -2.23. The molecule has 0 radical (unpaired) electrons. The number of carbonyl (C=O) groups excluding carboxylic acids is 1. The van der Waals surface area contributed by atoms with E-state index in [2.05, 4.69) is 15.6 Å². The first-order valence-electron chi connectivity index (χ1n) is 11.4. The highest BCUT2D eigenvalue weighted by atomic mass is 16.5. The predicted molar refractivity (Wildman–Crippen MR) is 136 cm³/mol. The molecule has 1 amide bonds. The molecule has 37 heavy (non-hydrogen) atoms. The van der Waals surface area contributed by atoms with Gasteiger partial charge >= 0.3 is 0 Å². The van der Waals surface area contributed by atoms with Crippen LogP contribution in [0.5, 0.6) is 28.7 Å². The number of ether oxygens (including phenoxy) is 5. The molecule has 0 aliphatic heterocycles. The molecule has 10 nitrogen and oxygen atoms in total. The predicted octanol–water partition coefficient (Wildman–Crippen LogP) is 3.81.